The molecule has 1 unspecified atom stereocenters. The highest BCUT2D eigenvalue weighted by Crippen LogP contribution is 2.35. The Hall–Kier alpha value is -1.92. The summed E-state index contributed by atoms with van der Waals surface area (Å²) in [7, 11) is 0. The van der Waals surface area contributed by atoms with E-state index < -0.39 is 29.4 Å². The highest BCUT2D eigenvalue weighted by Gasteiger charge is 2.22. The fourth-order valence-corrected chi connectivity index (χ4v) is 3.16. The molecule has 0 bridgehead atoms. The number of aliphatic hydroxyl groups is 1. The number of hydrogen-bond donors (Lipinski definition) is 1. The van der Waals surface area contributed by atoms with E-state index in [9.17, 15) is 22.7 Å². The quantitative estimate of drug-likeness (QED) is 0.544. The molecule has 0 saturated heterocycles. The first-order valence-corrected chi connectivity index (χ1v) is 6.79. The van der Waals surface area contributed by atoms with E-state index in [2.05, 4.69) is 0 Å². The lowest BCUT2D eigenvalue weighted by molar-refractivity contribution is 0.216. The molecule has 0 aliphatic carbocycles. The van der Waals surface area contributed by atoms with Gasteiger partial charge in [-0.05, 0) is 35.7 Å². The maximum absolute atomic E-state index is 13.7. The minimum atomic E-state index is -1.63. The van der Waals surface area contributed by atoms with E-state index in [0.717, 1.165) is 23.5 Å². The van der Waals surface area contributed by atoms with Gasteiger partial charge in [-0.15, -0.1) is 11.3 Å². The van der Waals surface area contributed by atoms with Gasteiger partial charge in [-0.1, -0.05) is 6.07 Å². The second kappa shape index (κ2) is 5.13. The van der Waals surface area contributed by atoms with Crippen molar-refractivity contribution in [1.82, 2.24) is 0 Å². The fourth-order valence-electron chi connectivity index (χ4n) is 2.07. The van der Waals surface area contributed by atoms with E-state index in [1.165, 1.54) is 18.2 Å². The Morgan fingerprint density at radius 3 is 2.43 bits per heavy atom. The fraction of sp³-hybridized carbons (Fsp3) is 0.0667. The van der Waals surface area contributed by atoms with E-state index in [-0.39, 0.29) is 5.56 Å². The summed E-state index contributed by atoms with van der Waals surface area (Å²) < 4.78 is 53.5. The molecule has 0 fully saturated rings. The highest BCUT2D eigenvalue weighted by molar-refractivity contribution is 7.19. The van der Waals surface area contributed by atoms with Gasteiger partial charge in [-0.25, -0.2) is 17.6 Å². The molecule has 1 N–H and O–H groups in total. The maximum Gasteiger partial charge on any atom is 0.194 e. The Kier molecular flexibility index (Phi) is 3.43. The van der Waals surface area contributed by atoms with Crippen LogP contribution < -0.4 is 0 Å². The maximum atomic E-state index is 13.7. The van der Waals surface area contributed by atoms with Crippen molar-refractivity contribution < 1.29 is 22.7 Å². The van der Waals surface area contributed by atoms with Crippen LogP contribution in [0, 0.1) is 23.3 Å². The number of benzene rings is 2. The van der Waals surface area contributed by atoms with Crippen molar-refractivity contribution in [2.24, 2.45) is 0 Å². The van der Waals surface area contributed by atoms with E-state index in [4.69, 9.17) is 0 Å². The van der Waals surface area contributed by atoms with Crippen molar-refractivity contribution in [2.45, 2.75) is 6.10 Å². The average Bonchev–Trinajstić information content (AvgIpc) is 2.87. The monoisotopic (exact) mass is 312 g/mol. The molecule has 6 heteroatoms. The third-order valence-corrected chi connectivity index (χ3v) is 4.28. The molecule has 3 rings (SSSR count). The van der Waals surface area contributed by atoms with Gasteiger partial charge in [0.15, 0.2) is 17.5 Å². The number of thiophene rings is 1. The molecular weight excluding hydrogens is 304 g/mol. The summed E-state index contributed by atoms with van der Waals surface area (Å²) in [4.78, 5) is 0.320. The predicted octanol–water partition coefficient (Wildman–Crippen LogP) is 4.54. The van der Waals surface area contributed by atoms with Gasteiger partial charge in [0.25, 0.3) is 0 Å². The van der Waals surface area contributed by atoms with Crippen LogP contribution in [0.3, 0.4) is 0 Å². The number of fused-ring (bicyclic) bond motifs is 1. The van der Waals surface area contributed by atoms with Gasteiger partial charge < -0.3 is 5.11 Å². The van der Waals surface area contributed by atoms with Crippen LogP contribution in [0.1, 0.15) is 16.5 Å². The number of rotatable bonds is 2. The van der Waals surface area contributed by atoms with Gasteiger partial charge in [-0.2, -0.15) is 0 Å². The normalized spacial score (nSPS) is 12.8. The second-order valence-corrected chi connectivity index (χ2v) is 5.61. The molecule has 1 aromatic heterocycles. The minimum Gasteiger partial charge on any atom is -0.383 e. The molecule has 21 heavy (non-hydrogen) atoms. The molecule has 3 aromatic rings. The summed E-state index contributed by atoms with van der Waals surface area (Å²) in [5, 5.41) is 10.8. The lowest BCUT2D eigenvalue weighted by atomic mass is 10.1. The molecule has 1 nitrogen and oxygen atoms in total. The molecule has 1 heterocycles. The Morgan fingerprint density at radius 1 is 0.905 bits per heavy atom. The van der Waals surface area contributed by atoms with Crippen LogP contribution in [0.25, 0.3) is 10.1 Å². The summed E-state index contributed by atoms with van der Waals surface area (Å²) in [5.41, 5.74) is -0.360. The SMILES string of the molecule is OC(c1cc2ccc(F)cc2s1)c1ccc(F)c(F)c1F. The summed E-state index contributed by atoms with van der Waals surface area (Å²) in [5.74, 6) is -4.80. The van der Waals surface area contributed by atoms with Gasteiger partial charge in [-0.3, -0.25) is 0 Å². The van der Waals surface area contributed by atoms with Crippen molar-refractivity contribution in [3.8, 4) is 0 Å². The van der Waals surface area contributed by atoms with Crippen LogP contribution in [0.2, 0.25) is 0 Å². The third-order valence-electron chi connectivity index (χ3n) is 3.13. The number of hydrogen-bond acceptors (Lipinski definition) is 2. The van der Waals surface area contributed by atoms with Crippen molar-refractivity contribution in [1.29, 1.82) is 0 Å². The molecule has 108 valence electrons. The van der Waals surface area contributed by atoms with Gasteiger partial charge in [0.1, 0.15) is 11.9 Å². The van der Waals surface area contributed by atoms with Crippen LogP contribution in [-0.4, -0.2) is 5.11 Å². The molecule has 0 spiro atoms. The van der Waals surface area contributed by atoms with Crippen LogP contribution in [-0.2, 0) is 0 Å². The Bertz CT molecular complexity index is 828. The lowest BCUT2D eigenvalue weighted by Crippen LogP contribution is -2.04. The first-order valence-electron chi connectivity index (χ1n) is 5.98. The largest absolute Gasteiger partial charge is 0.383 e. The topological polar surface area (TPSA) is 20.2 Å². The van der Waals surface area contributed by atoms with E-state index in [1.807, 2.05) is 0 Å². The van der Waals surface area contributed by atoms with Crippen LogP contribution in [0.4, 0.5) is 17.6 Å². The smallest absolute Gasteiger partial charge is 0.194 e. The van der Waals surface area contributed by atoms with E-state index in [0.29, 0.717) is 15.0 Å². The Morgan fingerprint density at radius 2 is 1.67 bits per heavy atom. The molecule has 0 aliphatic heterocycles. The zero-order chi connectivity index (χ0) is 15.1. The van der Waals surface area contributed by atoms with Crippen molar-refractivity contribution >= 4 is 21.4 Å². The second-order valence-electron chi connectivity index (χ2n) is 4.50. The molecular formula is C15H8F4OS. The molecule has 0 saturated carbocycles. The summed E-state index contributed by atoms with van der Waals surface area (Å²) >= 11 is 1.06. The molecule has 1 atom stereocenters. The van der Waals surface area contributed by atoms with E-state index >= 15 is 0 Å². The van der Waals surface area contributed by atoms with Gasteiger partial charge in [0.05, 0.1) is 0 Å². The molecule has 0 amide bonds. The zero-order valence-electron chi connectivity index (χ0n) is 10.4. The highest BCUT2D eigenvalue weighted by atomic mass is 32.1. The molecule has 0 radical (unpaired) electrons. The van der Waals surface area contributed by atoms with E-state index in [1.54, 1.807) is 6.07 Å². The van der Waals surface area contributed by atoms with Crippen molar-refractivity contribution in [3.63, 3.8) is 0 Å². The summed E-state index contributed by atoms with van der Waals surface area (Å²) in [6.07, 6.45) is -1.44. The summed E-state index contributed by atoms with van der Waals surface area (Å²) in [6.45, 7) is 0. The average molecular weight is 312 g/mol. The number of aliphatic hydroxyl groups excluding tert-OH is 1. The zero-order valence-corrected chi connectivity index (χ0v) is 11.2. The van der Waals surface area contributed by atoms with Crippen LogP contribution in [0.15, 0.2) is 36.4 Å². The standard InChI is InChI=1S/C15H8F4OS/c16-8-2-1-7-5-12(21-11(7)6-8)15(20)9-3-4-10(17)14(19)13(9)18/h1-6,15,20H. The molecule has 2 aromatic carbocycles. The minimum absolute atomic E-state index is 0.320. The van der Waals surface area contributed by atoms with Crippen LogP contribution in [0.5, 0.6) is 0 Å². The summed E-state index contributed by atoms with van der Waals surface area (Å²) in [6, 6.07) is 7.39. The number of halogens is 4. The van der Waals surface area contributed by atoms with Crippen molar-refractivity contribution in [2.75, 3.05) is 0 Å². The predicted molar refractivity (Wildman–Crippen MR) is 72.2 cm³/mol. The molecule has 0 aliphatic rings. The first kappa shape index (κ1) is 14.0. The van der Waals surface area contributed by atoms with Crippen LogP contribution >= 0.6 is 11.3 Å². The third kappa shape index (κ3) is 2.41. The van der Waals surface area contributed by atoms with Gasteiger partial charge in [0.2, 0.25) is 0 Å². The lowest BCUT2D eigenvalue weighted by Gasteiger charge is -2.10. The van der Waals surface area contributed by atoms with Gasteiger partial charge >= 0.3 is 0 Å². The Labute approximate surface area is 121 Å². The van der Waals surface area contributed by atoms with Crippen molar-refractivity contribution in [3.05, 3.63) is 70.1 Å². The Balaban J connectivity index is 2.08. The first-order chi connectivity index (χ1) is 9.97. The van der Waals surface area contributed by atoms with Gasteiger partial charge in [0, 0.05) is 15.1 Å².